The number of hydrogen-bond donors (Lipinski definition) is 0. The molecule has 0 radical (unpaired) electrons. The Hall–Kier alpha value is -7.05. The molecule has 51 heavy (non-hydrogen) atoms. The molecule has 7 aromatic carbocycles. The Balaban J connectivity index is 1.39. The minimum absolute atomic E-state index is 0.206. The van der Waals surface area contributed by atoms with Gasteiger partial charge in [0.05, 0.1) is 60.5 Å². The van der Waals surface area contributed by atoms with Crippen LogP contribution in [0.3, 0.4) is 0 Å². The molecule has 11 aromatic rings. The van der Waals surface area contributed by atoms with E-state index in [2.05, 4.69) is 15.0 Å². The van der Waals surface area contributed by atoms with Gasteiger partial charge >= 0.3 is 0 Å². The average Bonchev–Trinajstić information content (AvgIpc) is 4.03. The Morgan fingerprint density at radius 1 is 0.373 bits per heavy atom. The van der Waals surface area contributed by atoms with Gasteiger partial charge in [-0.2, -0.15) is 15.0 Å². The number of para-hydroxylation sites is 6. The molecule has 6 heteroatoms. The maximum absolute atomic E-state index is 9.90. The van der Waals surface area contributed by atoms with Crippen LogP contribution in [-0.4, -0.2) is 28.7 Å². The first kappa shape index (κ1) is 14.8. The lowest BCUT2D eigenvalue weighted by molar-refractivity contribution is 0.892. The van der Waals surface area contributed by atoms with Crippen molar-refractivity contribution in [2.24, 2.45) is 0 Å². The monoisotopic (exact) mass is 672 g/mol. The average molecular weight is 673 g/mol. The summed E-state index contributed by atoms with van der Waals surface area (Å²) in [6, 6.07) is -0.507. The summed E-state index contributed by atoms with van der Waals surface area (Å²) in [6.45, 7) is 0. The van der Waals surface area contributed by atoms with Crippen molar-refractivity contribution in [3.05, 3.63) is 169 Å². The van der Waals surface area contributed by atoms with E-state index in [0.717, 1.165) is 19.9 Å². The highest BCUT2D eigenvalue weighted by atomic mass is 15.3. The van der Waals surface area contributed by atoms with Gasteiger partial charge in [0.25, 0.3) is 0 Å². The molecule has 4 heterocycles. The van der Waals surface area contributed by atoms with E-state index < -0.39 is 166 Å². The van der Waals surface area contributed by atoms with E-state index in [1.165, 1.54) is 0 Å². The molecule has 0 aliphatic carbocycles. The van der Waals surface area contributed by atoms with Crippen LogP contribution in [0.25, 0.3) is 94.4 Å². The van der Waals surface area contributed by atoms with E-state index in [9.17, 15) is 11.0 Å². The Labute approximate surface area is 320 Å². The van der Waals surface area contributed by atoms with Crippen LogP contribution in [0.5, 0.6) is 0 Å². The molecule has 6 nitrogen and oxygen atoms in total. The first-order valence-electron chi connectivity index (χ1n) is 25.5. The third-order valence-electron chi connectivity index (χ3n) is 8.72. The maximum Gasteiger partial charge on any atom is 0.240 e. The molecule has 4 aromatic heterocycles. The highest BCUT2D eigenvalue weighted by Gasteiger charge is 2.21. The fourth-order valence-electron chi connectivity index (χ4n) is 6.63. The fraction of sp³-hybridized carbons (Fsp3) is 0. The molecule has 0 unspecified atom stereocenters. The number of fused-ring (bicyclic) bond motifs is 9. The second-order valence-electron chi connectivity index (χ2n) is 11.4. The summed E-state index contributed by atoms with van der Waals surface area (Å²) in [5.41, 5.74) is -1.62. The molecular formula is C45H28N6. The predicted molar refractivity (Wildman–Crippen MR) is 208 cm³/mol. The molecule has 0 amide bonds. The second-order valence-corrected chi connectivity index (χ2v) is 11.4. The van der Waals surface area contributed by atoms with Crippen molar-refractivity contribution in [3.63, 3.8) is 0 Å². The number of benzene rings is 7. The first-order chi connectivity index (χ1) is 33.6. The Morgan fingerprint density at radius 3 is 1.27 bits per heavy atom. The van der Waals surface area contributed by atoms with Gasteiger partial charge < -0.3 is 4.57 Å². The zero-order chi connectivity index (χ0) is 50.9. The van der Waals surface area contributed by atoms with Crippen LogP contribution in [-0.2, 0) is 0 Å². The van der Waals surface area contributed by atoms with Gasteiger partial charge in [0.15, 0.2) is 5.82 Å². The molecule has 0 fully saturated rings. The van der Waals surface area contributed by atoms with E-state index in [1.807, 2.05) is 12.1 Å². The van der Waals surface area contributed by atoms with E-state index in [4.69, 9.17) is 16.4 Å². The van der Waals surface area contributed by atoms with Crippen LogP contribution in [0.2, 0.25) is 0 Å². The molecule has 0 spiro atoms. The van der Waals surface area contributed by atoms with Crippen LogP contribution < -0.4 is 0 Å². The zero-order valence-electron chi connectivity index (χ0n) is 45.8. The molecule has 238 valence electrons. The van der Waals surface area contributed by atoms with Crippen molar-refractivity contribution in [1.29, 1.82) is 0 Å². The van der Waals surface area contributed by atoms with Crippen molar-refractivity contribution >= 4 is 65.4 Å². The summed E-state index contributed by atoms with van der Waals surface area (Å²) in [5, 5.41) is -0.102. The SMILES string of the molecule is [2H]c1c([2H])c(-c2nc(-n3c4c([2H])c([2H])c([2H])c([2H])c4c4c([2H])c([2H])c([2H])c([2H])c43)nc(-n3c4c([2H])c([2H])c([2H])c([2H])c4c4c([2H])c([2H])c([2H])c([2H])c43)n2)c([2H])c(-n2c3ccccc3c3ccccc32)c1[2H]. The zero-order valence-corrected chi connectivity index (χ0v) is 25.8. The minimum atomic E-state index is -0.798. The molecule has 0 bridgehead atoms. The first-order valence-corrected chi connectivity index (χ1v) is 15.5. The molecule has 11 rings (SSSR count). The Kier molecular flexibility index (Phi) is 3.12. The number of aromatic nitrogens is 6. The van der Waals surface area contributed by atoms with Crippen LogP contribution >= 0.6 is 0 Å². The highest BCUT2D eigenvalue weighted by molar-refractivity contribution is 6.11. The molecule has 0 saturated carbocycles. The topological polar surface area (TPSA) is 53.5 Å². The van der Waals surface area contributed by atoms with Gasteiger partial charge in [0, 0.05) is 43.6 Å². The van der Waals surface area contributed by atoms with Crippen molar-refractivity contribution in [1.82, 2.24) is 28.7 Å². The van der Waals surface area contributed by atoms with Crippen LogP contribution in [0.15, 0.2) is 169 Å². The quantitative estimate of drug-likeness (QED) is 0.187. The number of hydrogen-bond acceptors (Lipinski definition) is 3. The van der Waals surface area contributed by atoms with Crippen LogP contribution in [0, 0.1) is 0 Å². The third kappa shape index (κ3) is 4.07. The third-order valence-corrected chi connectivity index (χ3v) is 8.72. The molecule has 0 saturated heterocycles. The smallest absolute Gasteiger partial charge is 0.240 e. The standard InChI is InChI=1S/C45H28N6/c1-7-22-37-31(16-1)32-17-2-8-23-38(32)49(37)30-15-13-14-29(28-30)43-46-44(50-39-24-9-3-18-33(39)34-19-4-10-25-40(34)50)48-45(47-43)51-41-26-11-5-20-35(41)36-21-6-12-27-42(36)51/h1-28H/i3D,4D,5D,6D,9D,10D,11D,12D,13D,14D,15D,18D,19D,20D,21D,24D,25D,26D,27D,28D. The summed E-state index contributed by atoms with van der Waals surface area (Å²) >= 11 is 0. The second kappa shape index (κ2) is 10.7. The normalized spacial score (nSPS) is 17.4. The molecular weight excluding hydrogens is 625 g/mol. The lowest BCUT2D eigenvalue weighted by Crippen LogP contribution is -2.10. The van der Waals surface area contributed by atoms with Gasteiger partial charge in [-0.05, 0) is 48.4 Å². The van der Waals surface area contributed by atoms with Crippen molar-refractivity contribution in [2.45, 2.75) is 0 Å². The van der Waals surface area contributed by atoms with Crippen molar-refractivity contribution in [2.75, 3.05) is 0 Å². The van der Waals surface area contributed by atoms with Gasteiger partial charge in [-0.1, -0.05) is 121 Å². The van der Waals surface area contributed by atoms with Crippen LogP contribution in [0.1, 0.15) is 27.4 Å². The van der Waals surface area contributed by atoms with Crippen LogP contribution in [0.4, 0.5) is 0 Å². The summed E-state index contributed by atoms with van der Waals surface area (Å²) in [4.78, 5) is 14.0. The van der Waals surface area contributed by atoms with Crippen molar-refractivity contribution in [3.8, 4) is 29.0 Å². The number of nitrogens with zero attached hydrogens (tertiary/aromatic N) is 6. The van der Waals surface area contributed by atoms with Gasteiger partial charge in [0.2, 0.25) is 11.9 Å². The molecule has 0 aliphatic rings. The van der Waals surface area contributed by atoms with Gasteiger partial charge in [-0.15, -0.1) is 0 Å². The van der Waals surface area contributed by atoms with Gasteiger partial charge in [0.1, 0.15) is 0 Å². The van der Waals surface area contributed by atoms with E-state index in [-0.39, 0.29) is 27.2 Å². The summed E-state index contributed by atoms with van der Waals surface area (Å²) in [6.07, 6.45) is 0. The summed E-state index contributed by atoms with van der Waals surface area (Å²) in [5.74, 6) is -2.13. The minimum Gasteiger partial charge on any atom is -0.309 e. The number of rotatable bonds is 4. The largest absolute Gasteiger partial charge is 0.309 e. The summed E-state index contributed by atoms with van der Waals surface area (Å²) in [7, 11) is 0. The summed E-state index contributed by atoms with van der Waals surface area (Å²) < 4.78 is 183. The van der Waals surface area contributed by atoms with Crippen molar-refractivity contribution < 1.29 is 27.4 Å². The molecule has 0 atom stereocenters. The Bertz CT molecular complexity index is 3920. The fourth-order valence-corrected chi connectivity index (χ4v) is 6.63. The lowest BCUT2D eigenvalue weighted by Gasteiger charge is -2.13. The van der Waals surface area contributed by atoms with E-state index in [0.29, 0.717) is 11.0 Å². The predicted octanol–water partition coefficient (Wildman–Crippen LogP) is 10.8. The van der Waals surface area contributed by atoms with Gasteiger partial charge in [-0.3, -0.25) is 9.13 Å². The van der Waals surface area contributed by atoms with Gasteiger partial charge in [-0.25, -0.2) is 0 Å². The maximum atomic E-state index is 9.90. The highest BCUT2D eigenvalue weighted by Crippen LogP contribution is 2.36. The van der Waals surface area contributed by atoms with E-state index >= 15 is 0 Å². The Morgan fingerprint density at radius 2 is 0.804 bits per heavy atom. The van der Waals surface area contributed by atoms with E-state index in [1.54, 1.807) is 41.0 Å². The molecule has 0 aliphatic heterocycles. The molecule has 0 N–H and O–H groups in total. The lowest BCUT2D eigenvalue weighted by atomic mass is 10.2.